The summed E-state index contributed by atoms with van der Waals surface area (Å²) in [5.41, 5.74) is 18.4. The molecule has 0 fully saturated rings. The van der Waals surface area contributed by atoms with Crippen LogP contribution in [0, 0.1) is 40.6 Å². The number of para-hydroxylation sites is 4. The van der Waals surface area contributed by atoms with Crippen LogP contribution >= 0.6 is 0 Å². The van der Waals surface area contributed by atoms with Crippen LogP contribution < -0.4 is 16.4 Å². The fraction of sp³-hybridized carbons (Fsp3) is 0. The fourth-order valence-electron chi connectivity index (χ4n) is 15.4. The molecule has 4 aromatic heterocycles. The number of nitrogens with zero attached hydrogens (tertiary/aromatic N) is 8. The van der Waals surface area contributed by atoms with E-state index in [4.69, 9.17) is 6.57 Å². The molecule has 19 rings (SSSR count). The Morgan fingerprint density at radius 1 is 0.368 bits per heavy atom. The van der Waals surface area contributed by atoms with Gasteiger partial charge in [0.25, 0.3) is 0 Å². The lowest BCUT2D eigenvalue weighted by molar-refractivity contribution is 1.18. The number of aromatic nitrogens is 4. The van der Waals surface area contributed by atoms with E-state index >= 15 is 0 Å². The Hall–Kier alpha value is -12.4. The topological polar surface area (TPSA) is 95.4 Å². The van der Waals surface area contributed by atoms with E-state index in [9.17, 15) is 19.9 Å². The van der Waals surface area contributed by atoms with Crippen molar-refractivity contribution in [3.63, 3.8) is 0 Å². The number of fused-ring (bicyclic) bond motifs is 20. The van der Waals surface area contributed by atoms with Gasteiger partial charge in [-0.3, -0.25) is 0 Å². The number of nitriles is 3. The van der Waals surface area contributed by atoms with E-state index in [2.05, 4.69) is 151 Å². The van der Waals surface area contributed by atoms with E-state index in [1.807, 2.05) is 109 Å². The molecule has 0 bridgehead atoms. The molecule has 0 saturated carbocycles. The van der Waals surface area contributed by atoms with Crippen molar-refractivity contribution in [3.8, 4) is 63.2 Å². The lowest BCUT2D eigenvalue weighted by Crippen LogP contribution is -2.57. The van der Waals surface area contributed by atoms with Crippen LogP contribution in [0.3, 0.4) is 0 Å². The smallest absolute Gasteiger partial charge is 0.244 e. The Balaban J connectivity index is 1.10. The SMILES string of the molecule is [2H]c1c([2H])c2c3c(c1[2H])-c1c4c(cc5c6ccccc6n(-c6ccc([N+]#[C-])cc6)c5c4cc4c5ccccc5n(-c5ccc(C#N)cc5)c14)B3c1cc3c4ccccc4n(-c4ccc(C#N)cc4)c3c3cc4c5ccccc5n(-c5ccc(C#N)cc5)c4c-2c13. The molecule has 2 aliphatic heterocycles. The van der Waals surface area contributed by atoms with Crippen molar-refractivity contribution >= 4 is 138 Å². The minimum absolute atomic E-state index is 0.0480. The van der Waals surface area contributed by atoms with Crippen LogP contribution in [0.25, 0.3) is 159 Å². The zero-order valence-electron chi connectivity index (χ0n) is 48.9. The van der Waals surface area contributed by atoms with Crippen molar-refractivity contribution in [2.24, 2.45) is 0 Å². The largest absolute Gasteiger partial charge is 0.309 e. The third-order valence-electron chi connectivity index (χ3n) is 18.8. The average molecular weight is 1100 g/mol. The number of hydrogen-bond donors (Lipinski definition) is 0. The quantitative estimate of drug-likeness (QED) is 0.130. The Kier molecular flexibility index (Phi) is 8.69. The van der Waals surface area contributed by atoms with Gasteiger partial charge in [0.05, 0.1) is 89.7 Å². The zero-order chi connectivity index (χ0) is 60.1. The molecule has 2 aliphatic rings. The first-order chi connectivity index (χ1) is 44.3. The summed E-state index contributed by atoms with van der Waals surface area (Å²) in [6, 6.07) is 80.6. The summed E-state index contributed by atoms with van der Waals surface area (Å²) < 4.78 is 41.0. The Morgan fingerprint density at radius 2 is 0.690 bits per heavy atom. The molecule has 0 atom stereocenters. The van der Waals surface area contributed by atoms with Crippen molar-refractivity contribution in [1.29, 1.82) is 15.8 Å². The number of hydrogen-bond acceptors (Lipinski definition) is 3. The maximum Gasteiger partial charge on any atom is 0.244 e. The van der Waals surface area contributed by atoms with Gasteiger partial charge < -0.3 is 18.3 Å². The number of benzene rings is 13. The minimum atomic E-state index is -0.602. The first-order valence-electron chi connectivity index (χ1n) is 30.3. The van der Waals surface area contributed by atoms with Gasteiger partial charge in [-0.05, 0) is 143 Å². The normalized spacial score (nSPS) is 12.8. The second-order valence-corrected chi connectivity index (χ2v) is 22.9. The van der Waals surface area contributed by atoms with Gasteiger partial charge in [-0.1, -0.05) is 132 Å². The van der Waals surface area contributed by atoms with Crippen molar-refractivity contribution in [2.75, 3.05) is 0 Å². The second-order valence-electron chi connectivity index (χ2n) is 22.9. The molecular weight excluding hydrogens is 1060 g/mol. The molecule has 0 saturated heterocycles. The molecule has 0 unspecified atom stereocenters. The van der Waals surface area contributed by atoms with E-state index in [-0.39, 0.29) is 18.1 Å². The van der Waals surface area contributed by atoms with E-state index in [0.717, 1.165) is 159 Å². The first-order valence-corrected chi connectivity index (χ1v) is 28.8. The Bertz CT molecular complexity index is 6010. The molecule has 13 aromatic carbocycles. The van der Waals surface area contributed by atoms with Gasteiger partial charge in [0.15, 0.2) is 5.69 Å². The fourth-order valence-corrected chi connectivity index (χ4v) is 15.4. The van der Waals surface area contributed by atoms with E-state index in [1.165, 1.54) is 0 Å². The van der Waals surface area contributed by atoms with Crippen LogP contribution in [0.2, 0.25) is 0 Å². The molecule has 17 aromatic rings. The zero-order valence-corrected chi connectivity index (χ0v) is 45.9. The highest BCUT2D eigenvalue weighted by Gasteiger charge is 2.43. The molecule has 0 radical (unpaired) electrons. The predicted octanol–water partition coefficient (Wildman–Crippen LogP) is 17.0. The van der Waals surface area contributed by atoms with Gasteiger partial charge in [0.1, 0.15) is 0 Å². The predicted molar refractivity (Wildman–Crippen MR) is 355 cm³/mol. The van der Waals surface area contributed by atoms with Gasteiger partial charge >= 0.3 is 0 Å². The third kappa shape index (κ3) is 6.06. The van der Waals surface area contributed by atoms with Gasteiger partial charge in [0, 0.05) is 87.7 Å². The summed E-state index contributed by atoms with van der Waals surface area (Å²) in [5, 5.41) is 42.0. The lowest BCUT2D eigenvalue weighted by Gasteiger charge is -2.35. The van der Waals surface area contributed by atoms with Gasteiger partial charge in [-0.2, -0.15) is 15.8 Å². The van der Waals surface area contributed by atoms with Gasteiger partial charge in [-0.15, -0.1) is 0 Å². The maximum atomic E-state index is 10.7. The van der Waals surface area contributed by atoms with Crippen LogP contribution in [0.1, 0.15) is 20.8 Å². The van der Waals surface area contributed by atoms with Crippen molar-refractivity contribution in [1.82, 2.24) is 18.3 Å². The molecule has 0 N–H and O–H groups in total. The molecule has 0 amide bonds. The Labute approximate surface area is 501 Å². The number of rotatable bonds is 4. The van der Waals surface area contributed by atoms with Crippen LogP contribution in [0.15, 0.2) is 237 Å². The summed E-state index contributed by atoms with van der Waals surface area (Å²) in [4.78, 5) is 3.78. The van der Waals surface area contributed by atoms with E-state index in [1.54, 1.807) is 0 Å². The molecule has 0 spiro atoms. The highest BCUT2D eigenvalue weighted by atomic mass is 15.0. The molecule has 394 valence electrons. The highest BCUT2D eigenvalue weighted by molar-refractivity contribution is 7.02. The monoisotopic (exact) mass is 1100 g/mol. The van der Waals surface area contributed by atoms with Crippen LogP contribution in [-0.2, 0) is 0 Å². The van der Waals surface area contributed by atoms with Crippen LogP contribution in [-0.4, -0.2) is 25.0 Å². The summed E-state index contributed by atoms with van der Waals surface area (Å²) in [6.07, 6.45) is 0. The van der Waals surface area contributed by atoms with E-state index < -0.39 is 6.71 Å². The molecule has 8 nitrogen and oxygen atoms in total. The van der Waals surface area contributed by atoms with E-state index in [0.29, 0.717) is 33.5 Å². The van der Waals surface area contributed by atoms with Gasteiger partial charge in [0.2, 0.25) is 6.71 Å². The second kappa shape index (κ2) is 17.1. The summed E-state index contributed by atoms with van der Waals surface area (Å²) in [6.45, 7) is 7.31. The molecule has 87 heavy (non-hydrogen) atoms. The lowest BCUT2D eigenvalue weighted by atomic mass is 9.31. The first kappa shape index (κ1) is 44.2. The summed E-state index contributed by atoms with van der Waals surface area (Å²) in [7, 11) is 0. The standard InChI is InChI=1S/C78H39BN8/c1-83-47-27-35-51(36-28-47)85-67-18-7-5-14-55(67)61-40-65-71-63(76(61)85)38-59-53-12-3-9-20-69(53)87(50-33-25-46(43-82)26-34-50)78(59)73(71)57-16-10-15-56-72-70-62(37-58-52-11-2-8-19-68(52)86(77(58)72)49-31-23-45(42-81)24-32-49)75-60(39-64(70)79(65)74(56)57)54-13-4-6-17-66(54)84(75)48-29-21-44(41-80)22-30-48/h2-40H/i10D,15D,16D. The molecule has 6 heterocycles. The summed E-state index contributed by atoms with van der Waals surface area (Å²) >= 11 is 0. The Morgan fingerprint density at radius 3 is 1.03 bits per heavy atom. The van der Waals surface area contributed by atoms with Crippen LogP contribution in [0.5, 0.6) is 0 Å². The van der Waals surface area contributed by atoms with Crippen LogP contribution in [0.4, 0.5) is 5.69 Å². The summed E-state index contributed by atoms with van der Waals surface area (Å²) in [5.74, 6) is 0. The minimum Gasteiger partial charge on any atom is -0.309 e. The maximum absolute atomic E-state index is 10.7. The van der Waals surface area contributed by atoms with Crippen molar-refractivity contribution in [2.45, 2.75) is 0 Å². The molecular formula is C78H39BN8. The average Bonchev–Trinajstić information content (AvgIpc) is 1.65. The van der Waals surface area contributed by atoms with Crippen molar-refractivity contribution < 1.29 is 4.11 Å². The third-order valence-corrected chi connectivity index (χ3v) is 18.8. The molecule has 0 aliphatic carbocycles. The highest BCUT2D eigenvalue weighted by Crippen LogP contribution is 2.52. The molecule has 9 heteroatoms. The van der Waals surface area contributed by atoms with Crippen molar-refractivity contribution in [3.05, 3.63) is 265 Å². The van der Waals surface area contributed by atoms with Gasteiger partial charge in [-0.25, -0.2) is 4.85 Å².